The summed E-state index contributed by atoms with van der Waals surface area (Å²) in [6, 6.07) is 22.6. The molecule has 33 heavy (non-hydrogen) atoms. The number of allylic oxidation sites excluding steroid dienone is 4. The normalized spacial score (nSPS) is 18.6. The van der Waals surface area contributed by atoms with Crippen molar-refractivity contribution in [1.29, 1.82) is 0 Å². The minimum absolute atomic E-state index is 0.0353. The van der Waals surface area contributed by atoms with E-state index in [4.69, 9.17) is 0 Å². The molecule has 0 bridgehead atoms. The average Bonchev–Trinajstić information content (AvgIpc) is 2.98. The molecule has 0 N–H and O–H groups in total. The lowest BCUT2D eigenvalue weighted by Crippen LogP contribution is -2.16. The lowest BCUT2D eigenvalue weighted by Gasteiger charge is -2.25. The Morgan fingerprint density at radius 3 is 2.36 bits per heavy atom. The largest absolute Gasteiger partial charge is 0.0798 e. The third-order valence-corrected chi connectivity index (χ3v) is 7.58. The van der Waals surface area contributed by atoms with Crippen molar-refractivity contribution in [3.05, 3.63) is 112 Å². The third kappa shape index (κ3) is 4.12. The van der Waals surface area contributed by atoms with Crippen LogP contribution in [0.2, 0.25) is 0 Å². The molecule has 4 rings (SSSR count). The molecule has 170 valence electrons. The summed E-state index contributed by atoms with van der Waals surface area (Å²) >= 11 is 0. The summed E-state index contributed by atoms with van der Waals surface area (Å²) in [7, 11) is 0. The maximum Gasteiger partial charge on any atom is 0.0117 e. The van der Waals surface area contributed by atoms with Gasteiger partial charge in [-0.3, -0.25) is 0 Å². The molecule has 0 aromatic heterocycles. The summed E-state index contributed by atoms with van der Waals surface area (Å²) in [4.78, 5) is 0. The zero-order chi connectivity index (χ0) is 23.8. The van der Waals surface area contributed by atoms with Crippen LogP contribution in [0.25, 0.3) is 16.7 Å². The maximum absolute atomic E-state index is 2.50. The van der Waals surface area contributed by atoms with E-state index in [9.17, 15) is 0 Å². The Morgan fingerprint density at radius 2 is 1.67 bits per heavy atom. The highest BCUT2D eigenvalue weighted by atomic mass is 14.4. The zero-order valence-corrected chi connectivity index (χ0v) is 21.4. The Labute approximate surface area is 201 Å². The number of fused-ring (bicyclic) bond motifs is 1. The molecule has 0 saturated heterocycles. The second-order valence-electron chi connectivity index (χ2n) is 10.2. The first-order valence-corrected chi connectivity index (χ1v) is 12.5. The molecule has 1 aliphatic rings. The van der Waals surface area contributed by atoms with Gasteiger partial charge in [0.1, 0.15) is 0 Å². The molecule has 0 spiro atoms. The summed E-state index contributed by atoms with van der Waals surface area (Å²) in [5.74, 6) is 0.430. The monoisotopic (exact) mass is 434 g/mol. The number of hydrogen-bond acceptors (Lipinski definition) is 0. The van der Waals surface area contributed by atoms with Crippen LogP contribution in [0.1, 0.15) is 80.3 Å². The second kappa shape index (κ2) is 9.18. The lowest BCUT2D eigenvalue weighted by molar-refractivity contribution is 0.626. The van der Waals surface area contributed by atoms with E-state index >= 15 is 0 Å². The molecular formula is C33H38. The first-order chi connectivity index (χ1) is 15.8. The van der Waals surface area contributed by atoms with Crippen LogP contribution in [0.3, 0.4) is 0 Å². The van der Waals surface area contributed by atoms with Gasteiger partial charge in [-0.15, -0.1) is 0 Å². The predicted molar refractivity (Wildman–Crippen MR) is 145 cm³/mol. The highest BCUT2D eigenvalue weighted by Crippen LogP contribution is 2.51. The molecule has 1 unspecified atom stereocenters. The van der Waals surface area contributed by atoms with Crippen molar-refractivity contribution in [1.82, 2.24) is 0 Å². The minimum Gasteiger partial charge on any atom is -0.0798 e. The number of rotatable bonds is 5. The molecule has 1 atom stereocenters. The van der Waals surface area contributed by atoms with Crippen LogP contribution in [0.15, 0.2) is 78.4 Å². The van der Waals surface area contributed by atoms with Gasteiger partial charge < -0.3 is 0 Å². The van der Waals surface area contributed by atoms with E-state index < -0.39 is 0 Å². The zero-order valence-electron chi connectivity index (χ0n) is 21.4. The highest BCUT2D eigenvalue weighted by molar-refractivity contribution is 5.83. The Kier molecular flexibility index (Phi) is 6.48. The number of hydrogen-bond donors (Lipinski definition) is 0. The summed E-state index contributed by atoms with van der Waals surface area (Å²) in [5.41, 5.74) is 14.1. The lowest BCUT2D eigenvalue weighted by atomic mass is 9.79. The molecule has 0 heterocycles. The molecular weight excluding hydrogens is 396 g/mol. The molecule has 3 aromatic rings. The van der Waals surface area contributed by atoms with Crippen molar-refractivity contribution in [2.24, 2.45) is 0 Å². The Bertz CT molecular complexity index is 1230. The van der Waals surface area contributed by atoms with Crippen LogP contribution in [0.4, 0.5) is 0 Å². The van der Waals surface area contributed by atoms with Crippen LogP contribution in [0, 0.1) is 13.8 Å². The standard InChI is InChI=1S/C33H38/c1-8-13-29-28(16-12-17-30(29)26-15-11-10-14-23(26)4)25(9-2)21-31-24(5)27-19-18-22(3)20-32(27)33(31,6)7/h9-12,14-21,24H,8,13H2,1-7H3/b25-9+,31-21+. The maximum atomic E-state index is 2.50. The third-order valence-electron chi connectivity index (χ3n) is 7.58. The Balaban J connectivity index is 1.87. The molecule has 0 nitrogen and oxygen atoms in total. The van der Waals surface area contributed by atoms with Gasteiger partial charge in [-0.25, -0.2) is 0 Å². The van der Waals surface area contributed by atoms with Crippen molar-refractivity contribution < 1.29 is 0 Å². The van der Waals surface area contributed by atoms with Crippen LogP contribution >= 0.6 is 0 Å². The summed E-state index contributed by atoms with van der Waals surface area (Å²) in [6.07, 6.45) is 7.02. The van der Waals surface area contributed by atoms with Gasteiger partial charge in [-0.2, -0.15) is 0 Å². The molecule has 0 radical (unpaired) electrons. The molecule has 0 saturated carbocycles. The van der Waals surface area contributed by atoms with E-state index in [0.29, 0.717) is 5.92 Å². The molecule has 3 aromatic carbocycles. The van der Waals surface area contributed by atoms with Gasteiger partial charge in [0, 0.05) is 11.3 Å². The van der Waals surface area contributed by atoms with Crippen LogP contribution in [-0.2, 0) is 11.8 Å². The Hall–Kier alpha value is -2.86. The van der Waals surface area contributed by atoms with Gasteiger partial charge in [-0.1, -0.05) is 118 Å². The van der Waals surface area contributed by atoms with Gasteiger partial charge in [0.05, 0.1) is 0 Å². The fourth-order valence-corrected chi connectivity index (χ4v) is 5.75. The van der Waals surface area contributed by atoms with E-state index in [0.717, 1.165) is 12.8 Å². The Morgan fingerprint density at radius 1 is 0.939 bits per heavy atom. The van der Waals surface area contributed by atoms with Crippen molar-refractivity contribution >= 4 is 5.57 Å². The van der Waals surface area contributed by atoms with Gasteiger partial charge in [0.15, 0.2) is 0 Å². The minimum atomic E-state index is 0.0353. The van der Waals surface area contributed by atoms with E-state index in [1.165, 1.54) is 55.7 Å². The van der Waals surface area contributed by atoms with Crippen LogP contribution in [-0.4, -0.2) is 0 Å². The summed E-state index contributed by atoms with van der Waals surface area (Å²) in [5, 5.41) is 0. The van der Waals surface area contributed by atoms with Crippen molar-refractivity contribution in [2.45, 2.75) is 72.6 Å². The molecule has 1 aliphatic carbocycles. The molecule has 0 fully saturated rings. The molecule has 0 amide bonds. The highest BCUT2D eigenvalue weighted by Gasteiger charge is 2.39. The SMILES string of the molecule is C/C=C(\C=C1/C(C)c2ccc(C)cc2C1(C)C)c1cccc(-c2ccccc2C)c1CCC. The molecule has 0 aliphatic heterocycles. The fraction of sp³-hybridized carbons (Fsp3) is 0.333. The smallest absolute Gasteiger partial charge is 0.0117 e. The predicted octanol–water partition coefficient (Wildman–Crippen LogP) is 9.35. The van der Waals surface area contributed by atoms with Gasteiger partial charge in [-0.05, 0) is 71.7 Å². The molecule has 0 heteroatoms. The summed E-state index contributed by atoms with van der Waals surface area (Å²) in [6.45, 7) is 16.1. The van der Waals surface area contributed by atoms with Gasteiger partial charge >= 0.3 is 0 Å². The number of benzene rings is 3. The first-order valence-electron chi connectivity index (χ1n) is 12.5. The van der Waals surface area contributed by atoms with Crippen LogP contribution in [0.5, 0.6) is 0 Å². The first kappa shape index (κ1) is 23.3. The second-order valence-corrected chi connectivity index (χ2v) is 10.2. The van der Waals surface area contributed by atoms with E-state index in [2.05, 4.69) is 121 Å². The van der Waals surface area contributed by atoms with Crippen molar-refractivity contribution in [3.8, 4) is 11.1 Å². The fourth-order valence-electron chi connectivity index (χ4n) is 5.75. The topological polar surface area (TPSA) is 0 Å². The average molecular weight is 435 g/mol. The number of aryl methyl sites for hydroxylation is 2. The van der Waals surface area contributed by atoms with Gasteiger partial charge in [0.2, 0.25) is 0 Å². The van der Waals surface area contributed by atoms with Gasteiger partial charge in [0.25, 0.3) is 0 Å². The van der Waals surface area contributed by atoms with E-state index in [1.807, 2.05) is 0 Å². The van der Waals surface area contributed by atoms with Crippen molar-refractivity contribution in [3.63, 3.8) is 0 Å². The quantitative estimate of drug-likeness (QED) is 0.375. The summed E-state index contributed by atoms with van der Waals surface area (Å²) < 4.78 is 0. The van der Waals surface area contributed by atoms with Crippen molar-refractivity contribution in [2.75, 3.05) is 0 Å². The van der Waals surface area contributed by atoms with E-state index in [1.54, 1.807) is 0 Å². The van der Waals surface area contributed by atoms with Crippen LogP contribution < -0.4 is 0 Å². The van der Waals surface area contributed by atoms with E-state index in [-0.39, 0.29) is 5.41 Å².